The van der Waals surface area contributed by atoms with Crippen molar-refractivity contribution in [1.82, 2.24) is 4.98 Å². The van der Waals surface area contributed by atoms with Crippen LogP contribution in [0.3, 0.4) is 0 Å². The first kappa shape index (κ1) is 12.3. The van der Waals surface area contributed by atoms with Gasteiger partial charge < -0.3 is 10.6 Å². The van der Waals surface area contributed by atoms with E-state index in [1.54, 1.807) is 0 Å². The van der Waals surface area contributed by atoms with E-state index in [0.717, 1.165) is 29.7 Å². The summed E-state index contributed by atoms with van der Waals surface area (Å²) in [7, 11) is 1.94. The number of para-hydroxylation sites is 1. The van der Waals surface area contributed by atoms with Crippen LogP contribution in [-0.4, -0.2) is 25.1 Å². The lowest BCUT2D eigenvalue weighted by molar-refractivity contribution is 0.787. The van der Waals surface area contributed by atoms with Gasteiger partial charge in [-0.05, 0) is 25.1 Å². The lowest BCUT2D eigenvalue weighted by Gasteiger charge is -2.19. The maximum atomic E-state index is 9.21. The minimum atomic E-state index is 0.605. The zero-order valence-corrected chi connectivity index (χ0v) is 10.4. The maximum absolute atomic E-state index is 9.21. The van der Waals surface area contributed by atoms with E-state index >= 15 is 0 Å². The van der Waals surface area contributed by atoms with Crippen LogP contribution in [0.1, 0.15) is 12.0 Å². The molecule has 0 aliphatic heterocycles. The predicted molar refractivity (Wildman–Crippen MR) is 73.4 cm³/mol. The summed E-state index contributed by atoms with van der Waals surface area (Å²) in [5.74, 6) is 0.727. The van der Waals surface area contributed by atoms with Gasteiger partial charge in [-0.2, -0.15) is 5.26 Å². The van der Waals surface area contributed by atoms with Gasteiger partial charge in [0.1, 0.15) is 11.9 Å². The Bertz CT molecular complexity index is 586. The minimum Gasteiger partial charge on any atom is -0.359 e. The molecule has 1 aromatic heterocycles. The Morgan fingerprint density at radius 2 is 2.17 bits per heavy atom. The summed E-state index contributed by atoms with van der Waals surface area (Å²) in [6.45, 7) is 1.44. The van der Waals surface area contributed by atoms with Gasteiger partial charge in [-0.15, -0.1) is 0 Å². The van der Waals surface area contributed by atoms with Crippen molar-refractivity contribution in [2.45, 2.75) is 6.42 Å². The quantitative estimate of drug-likeness (QED) is 0.886. The topological polar surface area (TPSA) is 65.9 Å². The molecule has 1 heterocycles. The third kappa shape index (κ3) is 2.41. The smallest absolute Gasteiger partial charge is 0.146 e. The summed E-state index contributed by atoms with van der Waals surface area (Å²) in [5, 5.41) is 10.2. The third-order valence-electron chi connectivity index (χ3n) is 2.88. The third-order valence-corrected chi connectivity index (χ3v) is 2.88. The number of hydrogen-bond donors (Lipinski definition) is 1. The van der Waals surface area contributed by atoms with Crippen molar-refractivity contribution in [3.05, 3.63) is 35.9 Å². The molecule has 0 aliphatic rings. The van der Waals surface area contributed by atoms with Crippen LogP contribution in [0.15, 0.2) is 30.3 Å². The van der Waals surface area contributed by atoms with Gasteiger partial charge in [0.15, 0.2) is 0 Å². The van der Waals surface area contributed by atoms with Crippen LogP contribution >= 0.6 is 0 Å². The standard InChI is InChI=1S/C14H16N4/c1-18(8-4-7-15)14-12(10-16)9-11-5-2-3-6-13(11)17-14/h2-3,5-6,9H,4,7-8,15H2,1H3. The normalized spacial score (nSPS) is 10.3. The molecule has 0 saturated heterocycles. The first-order chi connectivity index (χ1) is 8.76. The Morgan fingerprint density at radius 3 is 2.89 bits per heavy atom. The Morgan fingerprint density at radius 1 is 1.39 bits per heavy atom. The van der Waals surface area contributed by atoms with E-state index in [4.69, 9.17) is 5.73 Å². The molecule has 0 saturated carbocycles. The van der Waals surface area contributed by atoms with Crippen molar-refractivity contribution >= 4 is 16.7 Å². The highest BCUT2D eigenvalue weighted by atomic mass is 15.2. The van der Waals surface area contributed by atoms with Crippen molar-refractivity contribution < 1.29 is 0 Å². The molecular weight excluding hydrogens is 224 g/mol. The van der Waals surface area contributed by atoms with E-state index in [0.29, 0.717) is 12.1 Å². The molecule has 92 valence electrons. The predicted octanol–water partition coefficient (Wildman–Crippen LogP) is 1.89. The molecule has 0 spiro atoms. The number of aromatic nitrogens is 1. The largest absolute Gasteiger partial charge is 0.359 e. The average Bonchev–Trinajstić information content (AvgIpc) is 2.43. The maximum Gasteiger partial charge on any atom is 0.146 e. The highest BCUT2D eigenvalue weighted by Gasteiger charge is 2.10. The summed E-state index contributed by atoms with van der Waals surface area (Å²) < 4.78 is 0. The molecule has 0 bridgehead atoms. The SMILES string of the molecule is CN(CCCN)c1nc2ccccc2cc1C#N. The number of nitrogens with zero attached hydrogens (tertiary/aromatic N) is 3. The summed E-state index contributed by atoms with van der Waals surface area (Å²) in [4.78, 5) is 6.55. The van der Waals surface area contributed by atoms with E-state index in [1.807, 2.05) is 42.3 Å². The number of nitrogens with two attached hydrogens (primary N) is 1. The van der Waals surface area contributed by atoms with Gasteiger partial charge in [0.2, 0.25) is 0 Å². The zero-order chi connectivity index (χ0) is 13.0. The van der Waals surface area contributed by atoms with Crippen molar-refractivity contribution in [1.29, 1.82) is 5.26 Å². The van der Waals surface area contributed by atoms with Gasteiger partial charge in [-0.1, -0.05) is 18.2 Å². The summed E-state index contributed by atoms with van der Waals surface area (Å²) in [5.41, 5.74) is 7.02. The van der Waals surface area contributed by atoms with E-state index in [1.165, 1.54) is 0 Å². The fourth-order valence-electron chi connectivity index (χ4n) is 1.91. The number of rotatable bonds is 4. The molecule has 2 aromatic rings. The number of anilines is 1. The molecule has 2 rings (SSSR count). The van der Waals surface area contributed by atoms with Crippen LogP contribution in [0.2, 0.25) is 0 Å². The monoisotopic (exact) mass is 240 g/mol. The van der Waals surface area contributed by atoms with Crippen LogP contribution in [0.5, 0.6) is 0 Å². The number of fused-ring (bicyclic) bond motifs is 1. The fourth-order valence-corrected chi connectivity index (χ4v) is 1.91. The zero-order valence-electron chi connectivity index (χ0n) is 10.4. The molecule has 0 aliphatic carbocycles. The fraction of sp³-hybridized carbons (Fsp3) is 0.286. The van der Waals surface area contributed by atoms with Crippen LogP contribution in [0.25, 0.3) is 10.9 Å². The molecule has 2 N–H and O–H groups in total. The number of benzene rings is 1. The molecule has 18 heavy (non-hydrogen) atoms. The molecular formula is C14H16N4. The van der Waals surface area contributed by atoms with Crippen molar-refractivity contribution in [2.24, 2.45) is 5.73 Å². The lowest BCUT2D eigenvalue weighted by atomic mass is 10.1. The molecule has 0 amide bonds. The van der Waals surface area contributed by atoms with Gasteiger partial charge in [0.05, 0.1) is 11.1 Å². The van der Waals surface area contributed by atoms with E-state index in [2.05, 4.69) is 11.1 Å². The van der Waals surface area contributed by atoms with Crippen LogP contribution in [0, 0.1) is 11.3 Å². The Kier molecular flexibility index (Phi) is 3.75. The minimum absolute atomic E-state index is 0.605. The second-order valence-corrected chi connectivity index (χ2v) is 4.23. The van der Waals surface area contributed by atoms with E-state index in [9.17, 15) is 5.26 Å². The molecule has 0 atom stereocenters. The molecule has 0 unspecified atom stereocenters. The van der Waals surface area contributed by atoms with Crippen LogP contribution in [-0.2, 0) is 0 Å². The first-order valence-electron chi connectivity index (χ1n) is 5.97. The molecule has 0 radical (unpaired) electrons. The van der Waals surface area contributed by atoms with Gasteiger partial charge in [-0.3, -0.25) is 0 Å². The summed E-state index contributed by atoms with van der Waals surface area (Å²) >= 11 is 0. The van der Waals surface area contributed by atoms with Gasteiger partial charge >= 0.3 is 0 Å². The van der Waals surface area contributed by atoms with Crippen molar-refractivity contribution in [2.75, 3.05) is 25.0 Å². The van der Waals surface area contributed by atoms with Crippen LogP contribution < -0.4 is 10.6 Å². The van der Waals surface area contributed by atoms with Gasteiger partial charge in [0.25, 0.3) is 0 Å². The second-order valence-electron chi connectivity index (χ2n) is 4.23. The number of hydrogen-bond acceptors (Lipinski definition) is 4. The van der Waals surface area contributed by atoms with Crippen molar-refractivity contribution in [3.8, 4) is 6.07 Å². The Labute approximate surface area is 107 Å². The van der Waals surface area contributed by atoms with Crippen LogP contribution in [0.4, 0.5) is 5.82 Å². The van der Waals surface area contributed by atoms with E-state index in [-0.39, 0.29) is 0 Å². The summed E-state index contributed by atoms with van der Waals surface area (Å²) in [6.07, 6.45) is 0.885. The molecule has 4 nitrogen and oxygen atoms in total. The number of nitriles is 1. The molecule has 0 fully saturated rings. The first-order valence-corrected chi connectivity index (χ1v) is 5.97. The average molecular weight is 240 g/mol. The Hall–Kier alpha value is -2.12. The molecule has 1 aromatic carbocycles. The summed E-state index contributed by atoms with van der Waals surface area (Å²) in [6, 6.07) is 11.9. The van der Waals surface area contributed by atoms with Gasteiger partial charge in [-0.25, -0.2) is 4.98 Å². The highest BCUT2D eigenvalue weighted by molar-refractivity contribution is 5.82. The lowest BCUT2D eigenvalue weighted by Crippen LogP contribution is -2.23. The van der Waals surface area contributed by atoms with E-state index < -0.39 is 0 Å². The molecule has 4 heteroatoms. The highest BCUT2D eigenvalue weighted by Crippen LogP contribution is 2.22. The van der Waals surface area contributed by atoms with Crippen molar-refractivity contribution in [3.63, 3.8) is 0 Å². The second kappa shape index (κ2) is 5.48. The number of pyridine rings is 1. The van der Waals surface area contributed by atoms with Gasteiger partial charge in [0, 0.05) is 19.0 Å². The Balaban J connectivity index is 2.45.